The van der Waals surface area contributed by atoms with Crippen molar-refractivity contribution in [2.75, 3.05) is 24.2 Å². The van der Waals surface area contributed by atoms with Crippen LogP contribution in [0.5, 0.6) is 0 Å². The zero-order valence-corrected chi connectivity index (χ0v) is 18.5. The SMILES string of the molecule is Cc1ccc(S(=O)(=O)N2CCCCC2)cc1NC(=O)CCS(=O)(=O)c1ccccc1. The Balaban J connectivity index is 1.70. The van der Waals surface area contributed by atoms with E-state index in [0.717, 1.165) is 19.3 Å². The third-order valence-electron chi connectivity index (χ3n) is 5.14. The predicted octanol–water partition coefficient (Wildman–Crippen LogP) is 2.97. The first-order chi connectivity index (χ1) is 14.2. The Morgan fingerprint density at radius 1 is 0.933 bits per heavy atom. The first-order valence-corrected chi connectivity index (χ1v) is 13.0. The van der Waals surface area contributed by atoms with Crippen molar-refractivity contribution in [1.29, 1.82) is 0 Å². The van der Waals surface area contributed by atoms with Gasteiger partial charge < -0.3 is 5.32 Å². The third kappa shape index (κ3) is 5.27. The summed E-state index contributed by atoms with van der Waals surface area (Å²) >= 11 is 0. The quantitative estimate of drug-likeness (QED) is 0.699. The maximum atomic E-state index is 12.9. The number of rotatable bonds is 7. The maximum absolute atomic E-state index is 12.9. The van der Waals surface area contributed by atoms with E-state index in [1.807, 2.05) is 0 Å². The second-order valence-electron chi connectivity index (χ2n) is 7.37. The minimum Gasteiger partial charge on any atom is -0.326 e. The molecule has 1 saturated heterocycles. The molecule has 1 aliphatic rings. The standard InChI is InChI=1S/C21H26N2O5S2/c1-17-10-11-19(30(27,28)23-13-6-3-7-14-23)16-20(17)22-21(24)12-15-29(25,26)18-8-4-2-5-9-18/h2,4-5,8-11,16H,3,6-7,12-15H2,1H3,(H,22,24). The lowest BCUT2D eigenvalue weighted by Crippen LogP contribution is -2.35. The highest BCUT2D eigenvalue weighted by atomic mass is 32.2. The van der Waals surface area contributed by atoms with Gasteiger partial charge in [0.15, 0.2) is 9.84 Å². The number of anilines is 1. The van der Waals surface area contributed by atoms with Gasteiger partial charge in [-0.3, -0.25) is 4.79 Å². The van der Waals surface area contributed by atoms with Gasteiger partial charge in [0.2, 0.25) is 15.9 Å². The smallest absolute Gasteiger partial charge is 0.243 e. The molecule has 2 aromatic rings. The fraction of sp³-hybridized carbons (Fsp3) is 0.381. The number of nitrogens with one attached hydrogen (secondary N) is 1. The second kappa shape index (κ2) is 9.28. The van der Waals surface area contributed by atoms with Gasteiger partial charge in [-0.25, -0.2) is 16.8 Å². The summed E-state index contributed by atoms with van der Waals surface area (Å²) in [5.41, 5.74) is 1.07. The van der Waals surface area contributed by atoms with Crippen LogP contribution in [0.4, 0.5) is 5.69 Å². The molecule has 1 fully saturated rings. The molecular weight excluding hydrogens is 424 g/mol. The van der Waals surface area contributed by atoms with Gasteiger partial charge in [-0.1, -0.05) is 30.7 Å². The van der Waals surface area contributed by atoms with E-state index in [2.05, 4.69) is 5.32 Å². The Morgan fingerprint density at radius 3 is 2.27 bits per heavy atom. The zero-order valence-electron chi connectivity index (χ0n) is 16.9. The minimum absolute atomic E-state index is 0.127. The van der Waals surface area contributed by atoms with Crippen LogP contribution in [0.2, 0.25) is 0 Å². The number of aryl methyl sites for hydroxylation is 1. The molecule has 3 rings (SSSR count). The molecule has 0 bridgehead atoms. The molecule has 2 aromatic carbocycles. The van der Waals surface area contributed by atoms with E-state index in [1.54, 1.807) is 31.2 Å². The maximum Gasteiger partial charge on any atom is 0.243 e. The van der Waals surface area contributed by atoms with Crippen molar-refractivity contribution in [3.63, 3.8) is 0 Å². The van der Waals surface area contributed by atoms with E-state index in [-0.39, 0.29) is 22.0 Å². The summed E-state index contributed by atoms with van der Waals surface area (Å²) in [6.45, 7) is 2.75. The lowest BCUT2D eigenvalue weighted by atomic mass is 10.2. The predicted molar refractivity (Wildman–Crippen MR) is 116 cm³/mol. The summed E-state index contributed by atoms with van der Waals surface area (Å²) in [7, 11) is -7.19. The summed E-state index contributed by atoms with van der Waals surface area (Å²) in [6.07, 6.45) is 2.47. The van der Waals surface area contributed by atoms with Gasteiger partial charge in [0, 0.05) is 25.2 Å². The van der Waals surface area contributed by atoms with Crippen LogP contribution in [0.3, 0.4) is 0 Å². The van der Waals surface area contributed by atoms with E-state index < -0.39 is 25.8 Å². The number of carbonyl (C=O) groups excluding carboxylic acids is 1. The molecule has 0 aromatic heterocycles. The molecule has 30 heavy (non-hydrogen) atoms. The van der Waals surface area contributed by atoms with Gasteiger partial charge in [0.1, 0.15) is 0 Å². The molecule has 0 atom stereocenters. The van der Waals surface area contributed by atoms with Crippen molar-refractivity contribution >= 4 is 31.5 Å². The monoisotopic (exact) mass is 450 g/mol. The van der Waals surface area contributed by atoms with Crippen LogP contribution >= 0.6 is 0 Å². The van der Waals surface area contributed by atoms with E-state index >= 15 is 0 Å². The Hall–Kier alpha value is -2.23. The van der Waals surface area contributed by atoms with Crippen molar-refractivity contribution in [1.82, 2.24) is 4.31 Å². The van der Waals surface area contributed by atoms with Crippen LogP contribution in [0.1, 0.15) is 31.2 Å². The molecule has 7 nitrogen and oxygen atoms in total. The van der Waals surface area contributed by atoms with E-state index in [1.165, 1.54) is 28.6 Å². The molecule has 0 spiro atoms. The number of carbonyl (C=O) groups is 1. The molecule has 162 valence electrons. The number of nitrogens with zero attached hydrogens (tertiary/aromatic N) is 1. The van der Waals surface area contributed by atoms with Crippen LogP contribution in [0.25, 0.3) is 0 Å². The first-order valence-electron chi connectivity index (χ1n) is 9.89. The van der Waals surface area contributed by atoms with Crippen molar-refractivity contribution < 1.29 is 21.6 Å². The van der Waals surface area contributed by atoms with Gasteiger partial charge >= 0.3 is 0 Å². The van der Waals surface area contributed by atoms with Gasteiger partial charge in [0.25, 0.3) is 0 Å². The van der Waals surface area contributed by atoms with Crippen molar-refractivity contribution in [3.05, 3.63) is 54.1 Å². The van der Waals surface area contributed by atoms with E-state index in [9.17, 15) is 21.6 Å². The third-order valence-corrected chi connectivity index (χ3v) is 8.76. The first kappa shape index (κ1) is 22.5. The number of sulfone groups is 1. The van der Waals surface area contributed by atoms with E-state index in [4.69, 9.17) is 0 Å². The number of piperidine rings is 1. The average Bonchev–Trinajstić information content (AvgIpc) is 2.75. The largest absolute Gasteiger partial charge is 0.326 e. The van der Waals surface area contributed by atoms with E-state index in [0.29, 0.717) is 24.3 Å². The summed E-state index contributed by atoms with van der Waals surface area (Å²) in [4.78, 5) is 12.7. The van der Waals surface area contributed by atoms with Crippen LogP contribution < -0.4 is 5.32 Å². The van der Waals surface area contributed by atoms with Crippen LogP contribution in [0, 0.1) is 6.92 Å². The zero-order chi connectivity index (χ0) is 21.8. The average molecular weight is 451 g/mol. The molecular formula is C21H26N2O5S2. The second-order valence-corrected chi connectivity index (χ2v) is 11.4. The summed E-state index contributed by atoms with van der Waals surface area (Å²) < 4.78 is 51.9. The van der Waals surface area contributed by atoms with Crippen molar-refractivity contribution in [3.8, 4) is 0 Å². The highest BCUT2D eigenvalue weighted by Crippen LogP contribution is 2.25. The Labute approximate surface area is 178 Å². The van der Waals surface area contributed by atoms with Gasteiger partial charge in [-0.2, -0.15) is 4.31 Å². The molecule has 1 aliphatic heterocycles. The lowest BCUT2D eigenvalue weighted by Gasteiger charge is -2.26. The van der Waals surface area contributed by atoms with Crippen molar-refractivity contribution in [2.45, 2.75) is 42.4 Å². The Morgan fingerprint density at radius 2 is 1.60 bits per heavy atom. The number of hydrogen-bond acceptors (Lipinski definition) is 5. The van der Waals surface area contributed by atoms with Crippen LogP contribution in [-0.2, 0) is 24.7 Å². The van der Waals surface area contributed by atoms with Gasteiger partial charge in [-0.05, 0) is 49.6 Å². The molecule has 9 heteroatoms. The minimum atomic E-state index is -3.62. The lowest BCUT2D eigenvalue weighted by molar-refractivity contribution is -0.115. The van der Waals surface area contributed by atoms with Crippen LogP contribution in [-0.4, -0.2) is 45.9 Å². The topological polar surface area (TPSA) is 101 Å². The highest BCUT2D eigenvalue weighted by molar-refractivity contribution is 7.91. The fourth-order valence-corrected chi connectivity index (χ4v) is 6.14. The molecule has 0 saturated carbocycles. The Bertz CT molecular complexity index is 1110. The summed E-state index contributed by atoms with van der Waals surface area (Å²) in [6, 6.07) is 12.6. The molecule has 1 amide bonds. The summed E-state index contributed by atoms with van der Waals surface area (Å²) in [5.74, 6) is -0.807. The summed E-state index contributed by atoms with van der Waals surface area (Å²) in [5, 5.41) is 2.66. The highest BCUT2D eigenvalue weighted by Gasteiger charge is 2.26. The molecule has 0 radical (unpaired) electrons. The number of hydrogen-bond donors (Lipinski definition) is 1. The number of amides is 1. The van der Waals surface area contributed by atoms with Crippen molar-refractivity contribution in [2.24, 2.45) is 0 Å². The van der Waals surface area contributed by atoms with Gasteiger partial charge in [0.05, 0.1) is 15.5 Å². The van der Waals surface area contributed by atoms with Gasteiger partial charge in [-0.15, -0.1) is 0 Å². The fourth-order valence-electron chi connectivity index (χ4n) is 3.34. The number of benzene rings is 2. The number of sulfonamides is 1. The normalized spacial score (nSPS) is 15.6. The molecule has 0 unspecified atom stereocenters. The Kier molecular flexibility index (Phi) is 6.95. The molecule has 1 heterocycles. The van der Waals surface area contributed by atoms with Crippen LogP contribution in [0.15, 0.2) is 58.3 Å². The molecule has 0 aliphatic carbocycles. The molecule has 1 N–H and O–H groups in total.